The molecule has 1 saturated heterocycles. The van der Waals surface area contributed by atoms with Crippen LogP contribution in [-0.4, -0.2) is 46.2 Å². The van der Waals surface area contributed by atoms with Crippen LogP contribution in [0, 0.1) is 11.8 Å². The van der Waals surface area contributed by atoms with E-state index in [0.29, 0.717) is 11.4 Å². The number of aromatic nitrogens is 2. The molecule has 0 radical (unpaired) electrons. The molecule has 2 amide bonds. The van der Waals surface area contributed by atoms with Gasteiger partial charge in [-0.3, -0.25) is 24.4 Å². The van der Waals surface area contributed by atoms with Gasteiger partial charge in [-0.05, 0) is 73.9 Å². The molecular formula is C22H18N4O2S. The minimum Gasteiger partial charge on any atom is -0.299 e. The molecule has 1 N–H and O–H groups in total. The lowest BCUT2D eigenvalue weighted by molar-refractivity contribution is -0.115. The number of hydrogen-bond acceptors (Lipinski definition) is 5. The summed E-state index contributed by atoms with van der Waals surface area (Å²) >= 11 is 0.909. The van der Waals surface area contributed by atoms with Gasteiger partial charge < -0.3 is 0 Å². The van der Waals surface area contributed by atoms with Crippen LogP contribution < -0.4 is 5.32 Å². The normalized spacial score (nSPS) is 15.1. The number of carbonyl (C=O) groups excluding carboxylic acids is 2. The maximum absolute atomic E-state index is 11.8. The lowest BCUT2D eigenvalue weighted by Crippen LogP contribution is -2.17. The molecule has 1 aromatic heterocycles. The lowest BCUT2D eigenvalue weighted by atomic mass is 10.1. The third-order valence-electron chi connectivity index (χ3n) is 4.28. The van der Waals surface area contributed by atoms with Crippen LogP contribution in [-0.2, 0) is 4.79 Å². The summed E-state index contributed by atoms with van der Waals surface area (Å²) in [6, 6.07) is 13.7. The quantitative estimate of drug-likeness (QED) is 0.538. The Bertz CT molecular complexity index is 1200. The monoisotopic (exact) mass is 402 g/mol. The lowest BCUT2D eigenvalue weighted by Gasteiger charge is -2.05. The summed E-state index contributed by atoms with van der Waals surface area (Å²) in [5.74, 6) is 5.91. The van der Waals surface area contributed by atoms with Crippen molar-refractivity contribution >= 4 is 40.0 Å². The SMILES string of the molecule is CN(C)CC#Cc1ccc(-n2cnc3ccc(/C=C4\SC(=O)NC4=O)cc32)cc1. The predicted molar refractivity (Wildman–Crippen MR) is 116 cm³/mol. The molecule has 3 aromatic rings. The van der Waals surface area contributed by atoms with Gasteiger partial charge in [-0.25, -0.2) is 4.98 Å². The van der Waals surface area contributed by atoms with E-state index in [2.05, 4.69) is 22.1 Å². The number of amides is 2. The molecule has 0 saturated carbocycles. The fourth-order valence-corrected chi connectivity index (χ4v) is 3.58. The Balaban J connectivity index is 1.64. The van der Waals surface area contributed by atoms with E-state index in [4.69, 9.17) is 0 Å². The van der Waals surface area contributed by atoms with Gasteiger partial charge in [-0.2, -0.15) is 0 Å². The van der Waals surface area contributed by atoms with Crippen LogP contribution in [0.2, 0.25) is 0 Å². The molecule has 6 nitrogen and oxygen atoms in total. The second-order valence-corrected chi connectivity index (χ2v) is 7.82. The maximum Gasteiger partial charge on any atom is 0.290 e. The molecule has 2 heterocycles. The minimum absolute atomic E-state index is 0.346. The first-order chi connectivity index (χ1) is 14.0. The Hall–Kier alpha value is -3.34. The second kappa shape index (κ2) is 7.95. The van der Waals surface area contributed by atoms with Crippen LogP contribution in [0.1, 0.15) is 11.1 Å². The Morgan fingerprint density at radius 2 is 1.97 bits per heavy atom. The Kier molecular flexibility index (Phi) is 5.21. The van der Waals surface area contributed by atoms with Gasteiger partial charge >= 0.3 is 0 Å². The van der Waals surface area contributed by atoms with Crippen molar-refractivity contribution in [3.63, 3.8) is 0 Å². The molecular weight excluding hydrogens is 384 g/mol. The number of benzene rings is 2. The highest BCUT2D eigenvalue weighted by atomic mass is 32.2. The summed E-state index contributed by atoms with van der Waals surface area (Å²) in [6.07, 6.45) is 3.49. The second-order valence-electron chi connectivity index (χ2n) is 6.80. The topological polar surface area (TPSA) is 67.2 Å². The first-order valence-corrected chi connectivity index (χ1v) is 9.77. The Morgan fingerprint density at radius 1 is 1.17 bits per heavy atom. The molecule has 0 unspecified atom stereocenters. The highest BCUT2D eigenvalue weighted by Crippen LogP contribution is 2.27. The number of thioether (sulfide) groups is 1. The van der Waals surface area contributed by atoms with Crippen molar-refractivity contribution in [2.24, 2.45) is 0 Å². The van der Waals surface area contributed by atoms with E-state index >= 15 is 0 Å². The van der Waals surface area contributed by atoms with Crippen LogP contribution >= 0.6 is 11.8 Å². The maximum atomic E-state index is 11.8. The zero-order chi connectivity index (χ0) is 20.4. The van der Waals surface area contributed by atoms with Crippen LogP contribution in [0.4, 0.5) is 4.79 Å². The third-order valence-corrected chi connectivity index (χ3v) is 5.10. The van der Waals surface area contributed by atoms with Gasteiger partial charge in [0.15, 0.2) is 0 Å². The molecule has 144 valence electrons. The van der Waals surface area contributed by atoms with Gasteiger partial charge in [-0.15, -0.1) is 0 Å². The third kappa shape index (κ3) is 4.24. The van der Waals surface area contributed by atoms with E-state index < -0.39 is 0 Å². The number of imide groups is 1. The summed E-state index contributed by atoms with van der Waals surface area (Å²) in [7, 11) is 3.98. The molecule has 0 spiro atoms. The number of fused-ring (bicyclic) bond motifs is 1. The van der Waals surface area contributed by atoms with Crippen molar-refractivity contribution in [3.8, 4) is 17.5 Å². The standard InChI is InChI=1S/C22H18N4O2S/c1-25(2)11-3-4-15-5-8-17(9-6-15)26-14-23-18-10-7-16(12-19(18)26)13-20-21(27)24-22(28)29-20/h5-10,12-14H,11H2,1-2H3,(H,24,27,28)/b20-13-. The van der Waals surface area contributed by atoms with E-state index in [1.807, 2.05) is 66.0 Å². The van der Waals surface area contributed by atoms with E-state index in [1.165, 1.54) is 0 Å². The van der Waals surface area contributed by atoms with Crippen LogP contribution in [0.25, 0.3) is 22.8 Å². The Labute approximate surface area is 172 Å². The summed E-state index contributed by atoms with van der Waals surface area (Å²) in [6.45, 7) is 0.716. The molecule has 2 aromatic carbocycles. The number of hydrogen-bond donors (Lipinski definition) is 1. The number of nitrogens with zero attached hydrogens (tertiary/aromatic N) is 3. The molecule has 1 fully saturated rings. The van der Waals surface area contributed by atoms with Gasteiger partial charge in [0.05, 0.1) is 22.5 Å². The molecule has 7 heteroatoms. The summed E-state index contributed by atoms with van der Waals surface area (Å²) < 4.78 is 1.99. The van der Waals surface area contributed by atoms with E-state index in [-0.39, 0.29) is 11.1 Å². The molecule has 1 aliphatic heterocycles. The number of carbonyl (C=O) groups is 2. The van der Waals surface area contributed by atoms with E-state index in [9.17, 15) is 9.59 Å². The molecule has 0 bridgehead atoms. The zero-order valence-corrected chi connectivity index (χ0v) is 16.8. The summed E-state index contributed by atoms with van der Waals surface area (Å²) in [5, 5.41) is 1.92. The van der Waals surface area contributed by atoms with Crippen molar-refractivity contribution in [3.05, 3.63) is 64.8 Å². The van der Waals surface area contributed by atoms with Crippen LogP contribution in [0.3, 0.4) is 0 Å². The highest BCUT2D eigenvalue weighted by Gasteiger charge is 2.24. The highest BCUT2D eigenvalue weighted by molar-refractivity contribution is 8.18. The van der Waals surface area contributed by atoms with Crippen molar-refractivity contribution in [1.29, 1.82) is 0 Å². The average molecular weight is 402 g/mol. The van der Waals surface area contributed by atoms with Gasteiger partial charge in [0.2, 0.25) is 0 Å². The van der Waals surface area contributed by atoms with Crippen LogP contribution in [0.5, 0.6) is 0 Å². The number of nitrogens with one attached hydrogen (secondary N) is 1. The van der Waals surface area contributed by atoms with E-state index in [1.54, 1.807) is 12.4 Å². The summed E-state index contributed by atoms with van der Waals surface area (Å²) in [4.78, 5) is 30.0. The average Bonchev–Trinajstić information content (AvgIpc) is 3.24. The van der Waals surface area contributed by atoms with Crippen molar-refractivity contribution < 1.29 is 9.59 Å². The number of imidazole rings is 1. The van der Waals surface area contributed by atoms with Crippen LogP contribution in [0.15, 0.2) is 53.7 Å². The predicted octanol–water partition coefficient (Wildman–Crippen LogP) is 3.26. The van der Waals surface area contributed by atoms with Crippen molar-refractivity contribution in [2.45, 2.75) is 0 Å². The van der Waals surface area contributed by atoms with Gasteiger partial charge in [0, 0.05) is 11.3 Å². The van der Waals surface area contributed by atoms with Gasteiger partial charge in [-0.1, -0.05) is 17.9 Å². The smallest absolute Gasteiger partial charge is 0.290 e. The fourth-order valence-electron chi connectivity index (χ4n) is 2.90. The van der Waals surface area contributed by atoms with Gasteiger partial charge in [0.1, 0.15) is 6.33 Å². The van der Waals surface area contributed by atoms with Crippen molar-refractivity contribution in [2.75, 3.05) is 20.6 Å². The first kappa shape index (κ1) is 19.0. The molecule has 0 aliphatic carbocycles. The first-order valence-electron chi connectivity index (χ1n) is 8.95. The van der Waals surface area contributed by atoms with E-state index in [0.717, 1.165) is 39.6 Å². The molecule has 1 aliphatic rings. The molecule has 0 atom stereocenters. The number of rotatable bonds is 3. The molecule has 29 heavy (non-hydrogen) atoms. The molecule has 4 rings (SSSR count). The van der Waals surface area contributed by atoms with Crippen molar-refractivity contribution in [1.82, 2.24) is 19.8 Å². The van der Waals surface area contributed by atoms with Gasteiger partial charge in [0.25, 0.3) is 11.1 Å². The Morgan fingerprint density at radius 3 is 2.66 bits per heavy atom. The largest absolute Gasteiger partial charge is 0.299 e. The minimum atomic E-state index is -0.362. The summed E-state index contributed by atoms with van der Waals surface area (Å²) in [5.41, 5.74) is 4.53. The fraction of sp³-hybridized carbons (Fsp3) is 0.136. The zero-order valence-electron chi connectivity index (χ0n) is 16.0.